The van der Waals surface area contributed by atoms with Crippen molar-refractivity contribution in [3.63, 3.8) is 0 Å². The number of fused-ring (bicyclic) bond motifs is 1. The summed E-state index contributed by atoms with van der Waals surface area (Å²) in [6, 6.07) is 14.8. The number of nitrogen functional groups attached to an aromatic ring is 1. The van der Waals surface area contributed by atoms with E-state index < -0.39 is 0 Å². The largest absolute Gasteiger partial charge is 0.384 e. The lowest BCUT2D eigenvalue weighted by molar-refractivity contribution is 0.781. The molecule has 3 rings (SSSR count). The summed E-state index contributed by atoms with van der Waals surface area (Å²) < 4.78 is 1.77. The number of hydrogen-bond donors (Lipinski definition) is 1. The summed E-state index contributed by atoms with van der Waals surface area (Å²) in [7, 11) is 1.90. The molecule has 0 bridgehead atoms. The average molecular weight is 265 g/mol. The fourth-order valence-corrected chi connectivity index (χ4v) is 2.65. The van der Waals surface area contributed by atoms with E-state index in [9.17, 15) is 0 Å². The fourth-order valence-electron chi connectivity index (χ4n) is 2.65. The third-order valence-electron chi connectivity index (χ3n) is 3.72. The van der Waals surface area contributed by atoms with E-state index in [-0.39, 0.29) is 0 Å². The van der Waals surface area contributed by atoms with Crippen LogP contribution in [0.5, 0.6) is 0 Å². The lowest BCUT2D eigenvalue weighted by Crippen LogP contribution is -1.99. The first kappa shape index (κ1) is 12.7. The number of aryl methyl sites for hydroxylation is 1. The van der Waals surface area contributed by atoms with Crippen molar-refractivity contribution >= 4 is 16.6 Å². The highest BCUT2D eigenvalue weighted by Crippen LogP contribution is 2.30. The van der Waals surface area contributed by atoms with E-state index in [0.29, 0.717) is 0 Å². The zero-order valence-electron chi connectivity index (χ0n) is 11.9. The van der Waals surface area contributed by atoms with Crippen LogP contribution in [0, 0.1) is 0 Å². The molecule has 0 aliphatic rings. The molecular formula is C17H19N3. The molecule has 0 saturated carbocycles. The molecule has 0 atom stereocenters. The van der Waals surface area contributed by atoms with Crippen molar-refractivity contribution in [1.29, 1.82) is 0 Å². The molecule has 0 unspecified atom stereocenters. The van der Waals surface area contributed by atoms with Gasteiger partial charge in [0.1, 0.15) is 5.82 Å². The van der Waals surface area contributed by atoms with Crippen molar-refractivity contribution in [2.45, 2.75) is 19.8 Å². The van der Waals surface area contributed by atoms with Crippen molar-refractivity contribution in [2.75, 3.05) is 5.73 Å². The number of rotatable bonds is 3. The van der Waals surface area contributed by atoms with Crippen LogP contribution >= 0.6 is 0 Å². The van der Waals surface area contributed by atoms with Crippen LogP contribution in [0.4, 0.5) is 5.82 Å². The molecule has 0 aliphatic carbocycles. The van der Waals surface area contributed by atoms with Gasteiger partial charge in [0.15, 0.2) is 0 Å². The monoisotopic (exact) mass is 265 g/mol. The number of hydrogen-bond acceptors (Lipinski definition) is 2. The molecule has 2 aromatic carbocycles. The van der Waals surface area contributed by atoms with Gasteiger partial charge in [-0.05, 0) is 23.3 Å². The smallest absolute Gasteiger partial charge is 0.125 e. The summed E-state index contributed by atoms with van der Waals surface area (Å²) in [5.74, 6) is 0.773. The molecular weight excluding hydrogens is 246 g/mol. The minimum absolute atomic E-state index is 0.773. The molecule has 2 N–H and O–H groups in total. The van der Waals surface area contributed by atoms with Crippen LogP contribution < -0.4 is 5.73 Å². The number of nitrogens with two attached hydrogens (primary N) is 1. The second-order valence-corrected chi connectivity index (χ2v) is 5.15. The van der Waals surface area contributed by atoms with Crippen LogP contribution in [0.1, 0.15) is 18.9 Å². The van der Waals surface area contributed by atoms with Gasteiger partial charge in [0, 0.05) is 18.2 Å². The van der Waals surface area contributed by atoms with Crippen molar-refractivity contribution < 1.29 is 0 Å². The van der Waals surface area contributed by atoms with Gasteiger partial charge in [-0.15, -0.1) is 0 Å². The quantitative estimate of drug-likeness (QED) is 0.783. The van der Waals surface area contributed by atoms with Gasteiger partial charge in [-0.2, -0.15) is 5.10 Å². The van der Waals surface area contributed by atoms with Crippen LogP contribution in [0.25, 0.3) is 22.0 Å². The molecule has 1 aromatic heterocycles. The van der Waals surface area contributed by atoms with Gasteiger partial charge >= 0.3 is 0 Å². The predicted octanol–water partition coefficient (Wildman–Crippen LogP) is 3.78. The Kier molecular flexibility index (Phi) is 3.18. The third-order valence-corrected chi connectivity index (χ3v) is 3.72. The van der Waals surface area contributed by atoms with E-state index in [2.05, 4.69) is 54.5 Å². The highest BCUT2D eigenvalue weighted by molar-refractivity contribution is 5.87. The maximum atomic E-state index is 6.14. The SMILES string of the molecule is CCCc1c(-c2ccc3ccccc3c2)nn(C)c1N. The Hall–Kier alpha value is -2.29. The van der Waals surface area contributed by atoms with Gasteiger partial charge < -0.3 is 5.73 Å². The zero-order chi connectivity index (χ0) is 14.1. The molecule has 3 heteroatoms. The second kappa shape index (κ2) is 5.00. The molecule has 20 heavy (non-hydrogen) atoms. The maximum Gasteiger partial charge on any atom is 0.125 e. The Morgan fingerprint density at radius 2 is 1.85 bits per heavy atom. The van der Waals surface area contributed by atoms with Gasteiger partial charge in [-0.25, -0.2) is 0 Å². The standard InChI is InChI=1S/C17H19N3/c1-3-6-15-16(19-20(2)17(15)18)14-10-9-12-7-4-5-8-13(12)11-14/h4-5,7-11H,3,6,18H2,1-2H3. The fraction of sp³-hybridized carbons (Fsp3) is 0.235. The van der Waals surface area contributed by atoms with E-state index in [1.54, 1.807) is 4.68 Å². The number of aromatic nitrogens is 2. The predicted molar refractivity (Wildman–Crippen MR) is 84.6 cm³/mol. The topological polar surface area (TPSA) is 43.8 Å². The van der Waals surface area contributed by atoms with Crippen LogP contribution in [-0.2, 0) is 13.5 Å². The summed E-state index contributed by atoms with van der Waals surface area (Å²) in [5.41, 5.74) is 9.45. The van der Waals surface area contributed by atoms with Crippen molar-refractivity contribution in [3.05, 3.63) is 48.0 Å². The van der Waals surface area contributed by atoms with Crippen LogP contribution in [0.2, 0.25) is 0 Å². The Morgan fingerprint density at radius 1 is 1.10 bits per heavy atom. The second-order valence-electron chi connectivity index (χ2n) is 5.15. The molecule has 3 aromatic rings. The molecule has 3 nitrogen and oxygen atoms in total. The summed E-state index contributed by atoms with van der Waals surface area (Å²) in [4.78, 5) is 0. The number of anilines is 1. The first-order valence-electron chi connectivity index (χ1n) is 7.01. The lowest BCUT2D eigenvalue weighted by Gasteiger charge is -2.04. The molecule has 0 amide bonds. The van der Waals surface area contributed by atoms with Gasteiger partial charge in [0.25, 0.3) is 0 Å². The Labute approximate surface area is 119 Å². The molecule has 0 fully saturated rings. The molecule has 0 saturated heterocycles. The molecule has 0 radical (unpaired) electrons. The van der Waals surface area contributed by atoms with Crippen LogP contribution in [0.3, 0.4) is 0 Å². The van der Waals surface area contributed by atoms with Crippen molar-refractivity contribution in [1.82, 2.24) is 9.78 Å². The first-order chi connectivity index (χ1) is 9.70. The minimum atomic E-state index is 0.773. The zero-order valence-corrected chi connectivity index (χ0v) is 11.9. The van der Waals surface area contributed by atoms with E-state index >= 15 is 0 Å². The normalized spacial score (nSPS) is 11.1. The number of nitrogens with zero attached hydrogens (tertiary/aromatic N) is 2. The molecule has 0 spiro atoms. The first-order valence-corrected chi connectivity index (χ1v) is 7.01. The number of benzene rings is 2. The van der Waals surface area contributed by atoms with Crippen molar-refractivity contribution in [3.8, 4) is 11.3 Å². The van der Waals surface area contributed by atoms with Gasteiger partial charge in [-0.1, -0.05) is 49.7 Å². The third kappa shape index (κ3) is 2.05. The lowest BCUT2D eigenvalue weighted by atomic mass is 10.0. The van der Waals surface area contributed by atoms with E-state index in [1.165, 1.54) is 10.8 Å². The highest BCUT2D eigenvalue weighted by Gasteiger charge is 2.14. The van der Waals surface area contributed by atoms with Gasteiger partial charge in [-0.3, -0.25) is 4.68 Å². The van der Waals surface area contributed by atoms with E-state index in [0.717, 1.165) is 35.5 Å². The highest BCUT2D eigenvalue weighted by atomic mass is 15.3. The van der Waals surface area contributed by atoms with Crippen LogP contribution in [0.15, 0.2) is 42.5 Å². The van der Waals surface area contributed by atoms with Crippen molar-refractivity contribution in [2.24, 2.45) is 7.05 Å². The molecule has 0 aliphatic heterocycles. The summed E-state index contributed by atoms with van der Waals surface area (Å²) >= 11 is 0. The summed E-state index contributed by atoms with van der Waals surface area (Å²) in [6.07, 6.45) is 2.03. The Morgan fingerprint density at radius 3 is 2.60 bits per heavy atom. The Bertz CT molecular complexity index is 756. The van der Waals surface area contributed by atoms with Gasteiger partial charge in [0.05, 0.1) is 5.69 Å². The molecule has 102 valence electrons. The molecule has 1 heterocycles. The Balaban J connectivity index is 2.17. The average Bonchev–Trinajstić information content (AvgIpc) is 2.75. The van der Waals surface area contributed by atoms with Gasteiger partial charge in [0.2, 0.25) is 0 Å². The van der Waals surface area contributed by atoms with E-state index in [4.69, 9.17) is 5.73 Å². The van der Waals surface area contributed by atoms with Crippen LogP contribution in [-0.4, -0.2) is 9.78 Å². The maximum absolute atomic E-state index is 6.14. The van der Waals surface area contributed by atoms with E-state index in [1.807, 2.05) is 7.05 Å². The summed E-state index contributed by atoms with van der Waals surface area (Å²) in [5, 5.41) is 7.08. The summed E-state index contributed by atoms with van der Waals surface area (Å²) in [6.45, 7) is 2.16. The minimum Gasteiger partial charge on any atom is -0.384 e.